The number of nitrogens with zero attached hydrogens (tertiary/aromatic N) is 1. The smallest absolute Gasteiger partial charge is 0.117 e. The van der Waals surface area contributed by atoms with Crippen LogP contribution in [0.25, 0.3) is 0 Å². The highest BCUT2D eigenvalue weighted by atomic mass is 19.1. The van der Waals surface area contributed by atoms with Gasteiger partial charge in [-0.1, -0.05) is 0 Å². The minimum Gasteiger partial charge on any atom is -0.395 e. The zero-order chi connectivity index (χ0) is 7.98. The monoisotopic (exact) mass is 151 g/mol. The van der Waals surface area contributed by atoms with Crippen molar-refractivity contribution in [3.05, 3.63) is 0 Å². The van der Waals surface area contributed by atoms with E-state index in [4.69, 9.17) is 10.2 Å². The molecular formula is C6H14FNO2. The van der Waals surface area contributed by atoms with Gasteiger partial charge in [-0.05, 0) is 7.05 Å². The molecule has 0 aromatic carbocycles. The molecule has 0 spiro atoms. The van der Waals surface area contributed by atoms with Crippen LogP contribution >= 0.6 is 0 Å². The second-order valence-corrected chi connectivity index (χ2v) is 2.29. The summed E-state index contributed by atoms with van der Waals surface area (Å²) in [6.45, 7) is 0.0550. The number of likely N-dealkylation sites (N-methyl/N-ethyl adjacent to an activating group) is 1. The summed E-state index contributed by atoms with van der Waals surface area (Å²) >= 11 is 0. The average Bonchev–Trinajstić information content (AvgIpc) is 1.88. The third-order valence-electron chi connectivity index (χ3n) is 1.18. The van der Waals surface area contributed by atoms with Crippen LogP contribution in [0.2, 0.25) is 0 Å². The third-order valence-corrected chi connectivity index (χ3v) is 1.18. The fourth-order valence-corrected chi connectivity index (χ4v) is 0.671. The van der Waals surface area contributed by atoms with Crippen LogP contribution in [-0.4, -0.2) is 54.6 Å². The van der Waals surface area contributed by atoms with E-state index in [9.17, 15) is 4.39 Å². The quantitative estimate of drug-likeness (QED) is 0.543. The molecule has 0 aliphatic heterocycles. The van der Waals surface area contributed by atoms with Gasteiger partial charge in [0.15, 0.2) is 0 Å². The Morgan fingerprint density at radius 3 is 2.60 bits per heavy atom. The van der Waals surface area contributed by atoms with Crippen LogP contribution in [0.5, 0.6) is 0 Å². The van der Waals surface area contributed by atoms with E-state index in [0.29, 0.717) is 6.54 Å². The molecule has 0 radical (unpaired) electrons. The molecule has 1 unspecified atom stereocenters. The van der Waals surface area contributed by atoms with Crippen molar-refractivity contribution in [2.75, 3.05) is 33.4 Å². The maximum atomic E-state index is 11.6. The van der Waals surface area contributed by atoms with Crippen molar-refractivity contribution < 1.29 is 14.6 Å². The molecule has 0 saturated heterocycles. The van der Waals surface area contributed by atoms with Crippen molar-refractivity contribution in [2.24, 2.45) is 0 Å². The number of aliphatic hydroxyl groups is 2. The number of halogens is 1. The summed E-state index contributed by atoms with van der Waals surface area (Å²) in [7, 11) is 1.72. The first-order chi connectivity index (χ1) is 4.70. The zero-order valence-corrected chi connectivity index (χ0v) is 6.13. The molecule has 62 valence electrons. The van der Waals surface area contributed by atoms with Crippen LogP contribution in [0.3, 0.4) is 0 Å². The molecule has 2 N–H and O–H groups in total. The molecular weight excluding hydrogens is 137 g/mol. The van der Waals surface area contributed by atoms with Crippen molar-refractivity contribution in [1.82, 2.24) is 4.90 Å². The summed E-state index contributed by atoms with van der Waals surface area (Å²) in [5.41, 5.74) is 0. The Morgan fingerprint density at radius 1 is 1.60 bits per heavy atom. The number of hydrogen-bond acceptors (Lipinski definition) is 3. The lowest BCUT2D eigenvalue weighted by Crippen LogP contribution is -2.32. The number of alkyl halides is 1. The van der Waals surface area contributed by atoms with Gasteiger partial charge in [-0.3, -0.25) is 0 Å². The first-order valence-electron chi connectivity index (χ1n) is 3.24. The molecule has 0 rings (SSSR count). The number of aliphatic hydroxyl groups excluding tert-OH is 2. The van der Waals surface area contributed by atoms with E-state index in [1.54, 1.807) is 11.9 Å². The molecule has 1 atom stereocenters. The summed E-state index contributed by atoms with van der Waals surface area (Å²) in [5, 5.41) is 17.2. The molecule has 4 heteroatoms. The number of rotatable bonds is 5. The van der Waals surface area contributed by atoms with E-state index in [1.807, 2.05) is 0 Å². The SMILES string of the molecule is CN(CCO)CC(O)CF. The lowest BCUT2D eigenvalue weighted by molar-refractivity contribution is 0.0924. The second-order valence-electron chi connectivity index (χ2n) is 2.29. The lowest BCUT2D eigenvalue weighted by Gasteiger charge is -2.16. The van der Waals surface area contributed by atoms with Gasteiger partial charge in [0.2, 0.25) is 0 Å². The van der Waals surface area contributed by atoms with Crippen molar-refractivity contribution in [3.8, 4) is 0 Å². The lowest BCUT2D eigenvalue weighted by atomic mass is 10.3. The van der Waals surface area contributed by atoms with Gasteiger partial charge >= 0.3 is 0 Å². The Labute approximate surface area is 60.1 Å². The Bertz CT molecular complexity index is 82.1. The Kier molecular flexibility index (Phi) is 5.48. The minimum atomic E-state index is -0.920. The predicted molar refractivity (Wildman–Crippen MR) is 36.6 cm³/mol. The van der Waals surface area contributed by atoms with Crippen LogP contribution < -0.4 is 0 Å². The van der Waals surface area contributed by atoms with Gasteiger partial charge in [0, 0.05) is 13.1 Å². The van der Waals surface area contributed by atoms with Gasteiger partial charge in [-0.25, -0.2) is 4.39 Å². The third kappa shape index (κ3) is 4.67. The van der Waals surface area contributed by atoms with E-state index >= 15 is 0 Å². The molecule has 3 nitrogen and oxygen atoms in total. The molecule has 0 amide bonds. The molecule has 0 aromatic rings. The molecule has 0 aromatic heterocycles. The van der Waals surface area contributed by atoms with E-state index in [1.165, 1.54) is 0 Å². The van der Waals surface area contributed by atoms with Gasteiger partial charge in [0.25, 0.3) is 0 Å². The highest BCUT2D eigenvalue weighted by Gasteiger charge is 2.05. The summed E-state index contributed by atoms with van der Waals surface area (Å²) < 4.78 is 11.6. The Balaban J connectivity index is 3.27. The topological polar surface area (TPSA) is 43.7 Å². The molecule has 0 saturated carbocycles. The second kappa shape index (κ2) is 5.58. The Morgan fingerprint density at radius 2 is 2.20 bits per heavy atom. The Hall–Kier alpha value is -0.190. The molecule has 0 fully saturated rings. The van der Waals surface area contributed by atoms with Gasteiger partial charge in [-0.2, -0.15) is 0 Å². The van der Waals surface area contributed by atoms with Gasteiger partial charge in [0.05, 0.1) is 12.7 Å². The van der Waals surface area contributed by atoms with Crippen molar-refractivity contribution in [3.63, 3.8) is 0 Å². The van der Waals surface area contributed by atoms with Crippen LogP contribution in [-0.2, 0) is 0 Å². The molecule has 0 heterocycles. The van der Waals surface area contributed by atoms with Crippen molar-refractivity contribution >= 4 is 0 Å². The molecule has 0 aliphatic rings. The maximum Gasteiger partial charge on any atom is 0.117 e. The average molecular weight is 151 g/mol. The van der Waals surface area contributed by atoms with Crippen LogP contribution in [0, 0.1) is 0 Å². The summed E-state index contributed by atoms with van der Waals surface area (Å²) in [5.74, 6) is 0. The normalized spacial score (nSPS) is 14.1. The van der Waals surface area contributed by atoms with Crippen molar-refractivity contribution in [2.45, 2.75) is 6.10 Å². The van der Waals surface area contributed by atoms with Gasteiger partial charge in [0.1, 0.15) is 6.67 Å². The predicted octanol–water partition coefficient (Wildman–Crippen LogP) is -0.759. The largest absolute Gasteiger partial charge is 0.395 e. The first kappa shape index (κ1) is 9.81. The van der Waals surface area contributed by atoms with Crippen LogP contribution in [0.15, 0.2) is 0 Å². The highest BCUT2D eigenvalue weighted by Crippen LogP contribution is 1.88. The first-order valence-corrected chi connectivity index (χ1v) is 3.24. The van der Waals surface area contributed by atoms with E-state index in [0.717, 1.165) is 0 Å². The molecule has 10 heavy (non-hydrogen) atoms. The van der Waals surface area contributed by atoms with E-state index < -0.39 is 12.8 Å². The molecule has 0 aliphatic carbocycles. The zero-order valence-electron chi connectivity index (χ0n) is 6.13. The summed E-state index contributed by atoms with van der Waals surface area (Å²) in [4.78, 5) is 1.67. The van der Waals surface area contributed by atoms with Gasteiger partial charge in [-0.15, -0.1) is 0 Å². The van der Waals surface area contributed by atoms with E-state index in [2.05, 4.69) is 0 Å². The van der Waals surface area contributed by atoms with E-state index in [-0.39, 0.29) is 13.2 Å². The van der Waals surface area contributed by atoms with Gasteiger partial charge < -0.3 is 15.1 Å². The summed E-state index contributed by atoms with van der Waals surface area (Å²) in [6, 6.07) is 0. The fourth-order valence-electron chi connectivity index (χ4n) is 0.671. The fraction of sp³-hybridized carbons (Fsp3) is 1.00. The summed E-state index contributed by atoms with van der Waals surface area (Å²) in [6.07, 6.45) is -0.920. The number of hydrogen-bond donors (Lipinski definition) is 2. The van der Waals surface area contributed by atoms with Crippen molar-refractivity contribution in [1.29, 1.82) is 0 Å². The maximum absolute atomic E-state index is 11.6. The standard InChI is InChI=1S/C6H14FNO2/c1-8(2-3-9)5-6(10)4-7/h6,9-10H,2-5H2,1H3. The minimum absolute atomic E-state index is 0.0372. The van der Waals surface area contributed by atoms with Crippen LogP contribution in [0.1, 0.15) is 0 Å². The molecule has 0 bridgehead atoms. The highest BCUT2D eigenvalue weighted by molar-refractivity contribution is 4.58. The van der Waals surface area contributed by atoms with Crippen LogP contribution in [0.4, 0.5) is 4.39 Å².